The van der Waals surface area contributed by atoms with Crippen LogP contribution in [0.5, 0.6) is 0 Å². The van der Waals surface area contributed by atoms with Gasteiger partial charge in [-0.2, -0.15) is 10.2 Å². The minimum absolute atomic E-state index is 0.0654. The van der Waals surface area contributed by atoms with Crippen LogP contribution in [0.3, 0.4) is 0 Å². The number of hydrogen-bond acceptors (Lipinski definition) is 4. The molecule has 0 N–H and O–H groups in total. The Morgan fingerprint density at radius 3 is 2.95 bits per heavy atom. The smallest absolute Gasteiger partial charge is 0.267 e. The van der Waals surface area contributed by atoms with E-state index in [9.17, 15) is 4.79 Å². The third kappa shape index (κ3) is 2.70. The number of aryl methyl sites for hydroxylation is 2. The molecule has 0 unspecified atom stereocenters. The molecule has 2 aliphatic rings. The number of aromatic nitrogens is 4. The second-order valence-corrected chi connectivity index (χ2v) is 6.38. The van der Waals surface area contributed by atoms with Gasteiger partial charge in [0.1, 0.15) is 0 Å². The lowest BCUT2D eigenvalue weighted by atomic mass is 10.0. The molecule has 2 aromatic heterocycles. The molecule has 0 saturated carbocycles. The van der Waals surface area contributed by atoms with Gasteiger partial charge in [-0.05, 0) is 30.9 Å². The summed E-state index contributed by atoms with van der Waals surface area (Å²) in [7, 11) is 0. The normalized spacial score (nSPS) is 18.4. The predicted molar refractivity (Wildman–Crippen MR) is 82.7 cm³/mol. The van der Waals surface area contributed by atoms with Crippen molar-refractivity contribution >= 4 is 0 Å². The maximum Gasteiger partial charge on any atom is 0.267 e. The van der Waals surface area contributed by atoms with Gasteiger partial charge in [0.25, 0.3) is 5.56 Å². The highest BCUT2D eigenvalue weighted by molar-refractivity contribution is 5.22. The lowest BCUT2D eigenvalue weighted by Crippen LogP contribution is -2.50. The summed E-state index contributed by atoms with van der Waals surface area (Å²) in [6.45, 7) is 4.80. The van der Waals surface area contributed by atoms with Crippen molar-refractivity contribution in [3.63, 3.8) is 0 Å². The summed E-state index contributed by atoms with van der Waals surface area (Å²) in [5.74, 6) is 0.544. The SMILES string of the molecule is O=c1cc2c(nn1CC1CN(CCn3cccn3)C1)CCC2. The summed E-state index contributed by atoms with van der Waals surface area (Å²) in [5, 5.41) is 8.77. The standard InChI is InChI=1S/C16H21N5O/c22-16-9-14-3-1-4-15(14)18-21(16)12-13-10-19(11-13)7-8-20-6-2-5-17-20/h2,5-6,9,13H,1,3-4,7-8,10-12H2. The third-order valence-corrected chi connectivity index (χ3v) is 4.69. The molecule has 116 valence electrons. The van der Waals surface area contributed by atoms with Gasteiger partial charge in [-0.25, -0.2) is 4.68 Å². The number of likely N-dealkylation sites (tertiary alicyclic amines) is 1. The highest BCUT2D eigenvalue weighted by Crippen LogP contribution is 2.19. The molecular weight excluding hydrogens is 278 g/mol. The van der Waals surface area contributed by atoms with Crippen LogP contribution in [0.1, 0.15) is 17.7 Å². The molecule has 6 heteroatoms. The zero-order valence-electron chi connectivity index (χ0n) is 12.7. The van der Waals surface area contributed by atoms with Gasteiger partial charge >= 0.3 is 0 Å². The van der Waals surface area contributed by atoms with Crippen LogP contribution >= 0.6 is 0 Å². The van der Waals surface area contributed by atoms with E-state index < -0.39 is 0 Å². The van der Waals surface area contributed by atoms with Gasteiger partial charge in [-0.3, -0.25) is 9.48 Å². The monoisotopic (exact) mass is 299 g/mol. The lowest BCUT2D eigenvalue weighted by Gasteiger charge is -2.39. The minimum Gasteiger partial charge on any atom is -0.301 e. The van der Waals surface area contributed by atoms with Crippen molar-refractivity contribution in [2.24, 2.45) is 5.92 Å². The molecule has 1 saturated heterocycles. The summed E-state index contributed by atoms with van der Waals surface area (Å²) in [6, 6.07) is 3.74. The van der Waals surface area contributed by atoms with E-state index in [2.05, 4.69) is 15.1 Å². The fourth-order valence-electron chi connectivity index (χ4n) is 3.47. The minimum atomic E-state index is 0.0654. The summed E-state index contributed by atoms with van der Waals surface area (Å²) in [6.07, 6.45) is 6.98. The molecule has 0 aromatic carbocycles. The first-order chi connectivity index (χ1) is 10.8. The maximum absolute atomic E-state index is 12.1. The Hall–Kier alpha value is -1.95. The van der Waals surface area contributed by atoms with Crippen LogP contribution < -0.4 is 5.56 Å². The molecule has 0 amide bonds. The summed E-state index contributed by atoms with van der Waals surface area (Å²) >= 11 is 0. The van der Waals surface area contributed by atoms with Gasteiger partial charge in [-0.1, -0.05) is 0 Å². The second-order valence-electron chi connectivity index (χ2n) is 6.38. The van der Waals surface area contributed by atoms with Gasteiger partial charge in [0.2, 0.25) is 0 Å². The van der Waals surface area contributed by atoms with Crippen molar-refractivity contribution in [3.05, 3.63) is 46.1 Å². The molecule has 0 spiro atoms. The van der Waals surface area contributed by atoms with Gasteiger partial charge < -0.3 is 4.90 Å². The van der Waals surface area contributed by atoms with E-state index in [0.29, 0.717) is 5.92 Å². The van der Waals surface area contributed by atoms with E-state index in [4.69, 9.17) is 0 Å². The van der Waals surface area contributed by atoms with Crippen LogP contribution in [-0.4, -0.2) is 44.1 Å². The highest BCUT2D eigenvalue weighted by Gasteiger charge is 2.27. The van der Waals surface area contributed by atoms with Crippen molar-refractivity contribution in [2.45, 2.75) is 32.4 Å². The number of hydrogen-bond donors (Lipinski definition) is 0. The number of fused-ring (bicyclic) bond motifs is 1. The molecule has 1 fully saturated rings. The molecule has 22 heavy (non-hydrogen) atoms. The second kappa shape index (κ2) is 5.68. The van der Waals surface area contributed by atoms with Gasteiger partial charge in [0, 0.05) is 44.0 Å². The van der Waals surface area contributed by atoms with Crippen molar-refractivity contribution < 1.29 is 0 Å². The van der Waals surface area contributed by atoms with E-state index in [1.165, 1.54) is 0 Å². The fourth-order valence-corrected chi connectivity index (χ4v) is 3.47. The predicted octanol–water partition coefficient (Wildman–Crippen LogP) is 0.560. The van der Waals surface area contributed by atoms with Crippen molar-refractivity contribution in [1.82, 2.24) is 24.5 Å². The Bertz CT molecular complexity index is 700. The Morgan fingerprint density at radius 2 is 2.14 bits per heavy atom. The molecule has 6 nitrogen and oxygen atoms in total. The molecular formula is C16H21N5O. The number of nitrogens with zero attached hydrogens (tertiary/aromatic N) is 5. The Labute approximate surface area is 129 Å². The van der Waals surface area contributed by atoms with Crippen molar-refractivity contribution in [3.8, 4) is 0 Å². The maximum atomic E-state index is 12.1. The van der Waals surface area contributed by atoms with Crippen LogP contribution in [0.4, 0.5) is 0 Å². The van der Waals surface area contributed by atoms with Crippen LogP contribution in [0.15, 0.2) is 29.3 Å². The van der Waals surface area contributed by atoms with Gasteiger partial charge in [0.15, 0.2) is 0 Å². The van der Waals surface area contributed by atoms with Crippen LogP contribution in [-0.2, 0) is 25.9 Å². The van der Waals surface area contributed by atoms with E-state index in [1.54, 1.807) is 10.7 Å². The van der Waals surface area contributed by atoms with Gasteiger partial charge in [0.05, 0.1) is 18.8 Å². The first-order valence-corrected chi connectivity index (χ1v) is 8.07. The molecule has 0 radical (unpaired) electrons. The summed E-state index contributed by atoms with van der Waals surface area (Å²) in [5.41, 5.74) is 2.36. The molecule has 0 bridgehead atoms. The Balaban J connectivity index is 1.30. The highest BCUT2D eigenvalue weighted by atomic mass is 16.1. The topological polar surface area (TPSA) is 56.0 Å². The third-order valence-electron chi connectivity index (χ3n) is 4.69. The molecule has 2 aromatic rings. The molecule has 0 atom stereocenters. The summed E-state index contributed by atoms with van der Waals surface area (Å²) in [4.78, 5) is 14.5. The lowest BCUT2D eigenvalue weighted by molar-refractivity contribution is 0.0793. The fraction of sp³-hybridized carbons (Fsp3) is 0.562. The van der Waals surface area contributed by atoms with Crippen LogP contribution in [0.2, 0.25) is 0 Å². The molecule has 1 aliphatic carbocycles. The first kappa shape index (κ1) is 13.7. The molecule has 4 rings (SSSR count). The van der Waals surface area contributed by atoms with Crippen LogP contribution in [0.25, 0.3) is 0 Å². The van der Waals surface area contributed by atoms with Crippen LogP contribution in [0, 0.1) is 5.92 Å². The van der Waals surface area contributed by atoms with Crippen molar-refractivity contribution in [1.29, 1.82) is 0 Å². The van der Waals surface area contributed by atoms with Crippen molar-refractivity contribution in [2.75, 3.05) is 19.6 Å². The quantitative estimate of drug-likeness (QED) is 0.809. The first-order valence-electron chi connectivity index (χ1n) is 8.07. The van der Waals surface area contributed by atoms with Gasteiger partial charge in [-0.15, -0.1) is 0 Å². The average Bonchev–Trinajstić information content (AvgIpc) is 3.11. The zero-order valence-corrected chi connectivity index (χ0v) is 12.7. The number of rotatable bonds is 5. The largest absolute Gasteiger partial charge is 0.301 e. The zero-order chi connectivity index (χ0) is 14.9. The summed E-state index contributed by atoms with van der Waals surface area (Å²) < 4.78 is 3.64. The van der Waals surface area contributed by atoms with E-state index in [-0.39, 0.29) is 5.56 Å². The molecule has 1 aliphatic heterocycles. The van der Waals surface area contributed by atoms with E-state index >= 15 is 0 Å². The molecule has 3 heterocycles. The Kier molecular flexibility index (Phi) is 3.54. The van der Waals surface area contributed by atoms with E-state index in [0.717, 1.165) is 63.2 Å². The Morgan fingerprint density at radius 1 is 1.23 bits per heavy atom. The van der Waals surface area contributed by atoms with E-state index in [1.807, 2.05) is 23.1 Å². The average molecular weight is 299 g/mol.